The highest BCUT2D eigenvalue weighted by molar-refractivity contribution is 5.80. The number of nitrogens with two attached hydrogens (primary N) is 1. The van der Waals surface area contributed by atoms with E-state index in [2.05, 4.69) is 0 Å². The number of furan rings is 1. The zero-order valence-electron chi connectivity index (χ0n) is 6.25. The van der Waals surface area contributed by atoms with Crippen LogP contribution in [0.25, 0.3) is 0 Å². The normalized spacial score (nSPS) is 9.91. The van der Waals surface area contributed by atoms with Crippen molar-refractivity contribution < 1.29 is 9.21 Å². The molecule has 2 N–H and O–H groups in total. The summed E-state index contributed by atoms with van der Waals surface area (Å²) in [7, 11) is 0. The molecule has 0 aliphatic heterocycles. The first kappa shape index (κ1) is 8.01. The van der Waals surface area contributed by atoms with E-state index in [1.165, 1.54) is 0 Å². The van der Waals surface area contributed by atoms with Gasteiger partial charge >= 0.3 is 0 Å². The van der Waals surface area contributed by atoms with Gasteiger partial charge in [0.25, 0.3) is 0 Å². The Labute approximate surface area is 65.2 Å². The van der Waals surface area contributed by atoms with Crippen LogP contribution >= 0.6 is 0 Å². The van der Waals surface area contributed by atoms with Gasteiger partial charge in [-0.2, -0.15) is 0 Å². The Hall–Kier alpha value is -1.09. The average molecular weight is 153 g/mol. The molecule has 11 heavy (non-hydrogen) atoms. The van der Waals surface area contributed by atoms with Crippen LogP contribution in [0.15, 0.2) is 22.8 Å². The number of carbonyl (C=O) groups excluding carboxylic acids is 1. The molecule has 0 aliphatic rings. The Balaban J connectivity index is 2.37. The van der Waals surface area contributed by atoms with Gasteiger partial charge in [-0.05, 0) is 18.7 Å². The summed E-state index contributed by atoms with van der Waals surface area (Å²) in [5, 5.41) is 0. The van der Waals surface area contributed by atoms with Crippen LogP contribution in [0.3, 0.4) is 0 Å². The fourth-order valence-electron chi connectivity index (χ4n) is 0.857. The Morgan fingerprint density at radius 3 is 3.00 bits per heavy atom. The number of hydrogen-bond donors (Lipinski definition) is 1. The molecule has 0 aliphatic carbocycles. The molecule has 3 heteroatoms. The molecule has 0 fully saturated rings. The van der Waals surface area contributed by atoms with E-state index in [1.807, 2.05) is 0 Å². The SMILES string of the molecule is NCCC(=O)Cc1ccco1. The predicted molar refractivity (Wildman–Crippen MR) is 41.1 cm³/mol. The lowest BCUT2D eigenvalue weighted by Gasteiger charge is -1.93. The molecule has 1 heterocycles. The van der Waals surface area contributed by atoms with Crippen molar-refractivity contribution in [2.24, 2.45) is 5.73 Å². The van der Waals surface area contributed by atoms with Crippen LogP contribution < -0.4 is 5.73 Å². The van der Waals surface area contributed by atoms with Crippen molar-refractivity contribution in [1.82, 2.24) is 0 Å². The first-order chi connectivity index (χ1) is 5.33. The molecular weight excluding hydrogens is 142 g/mol. The first-order valence-corrected chi connectivity index (χ1v) is 3.57. The zero-order chi connectivity index (χ0) is 8.10. The van der Waals surface area contributed by atoms with Crippen LogP contribution in [0.2, 0.25) is 0 Å². The summed E-state index contributed by atoms with van der Waals surface area (Å²) in [4.78, 5) is 11.0. The third-order valence-corrected chi connectivity index (χ3v) is 1.37. The molecule has 0 aromatic carbocycles. The molecule has 0 amide bonds. The molecule has 0 saturated carbocycles. The third-order valence-electron chi connectivity index (χ3n) is 1.37. The molecule has 1 aromatic heterocycles. The van der Waals surface area contributed by atoms with E-state index in [-0.39, 0.29) is 5.78 Å². The Morgan fingerprint density at radius 2 is 2.45 bits per heavy atom. The monoisotopic (exact) mass is 153 g/mol. The van der Waals surface area contributed by atoms with Crippen molar-refractivity contribution in [3.63, 3.8) is 0 Å². The van der Waals surface area contributed by atoms with Gasteiger partial charge in [-0.3, -0.25) is 4.79 Å². The number of carbonyl (C=O) groups is 1. The second-order valence-electron chi connectivity index (χ2n) is 2.33. The molecule has 0 radical (unpaired) electrons. The van der Waals surface area contributed by atoms with Crippen molar-refractivity contribution in [2.75, 3.05) is 6.54 Å². The first-order valence-electron chi connectivity index (χ1n) is 3.57. The number of rotatable bonds is 4. The summed E-state index contributed by atoms with van der Waals surface area (Å²) < 4.78 is 4.99. The van der Waals surface area contributed by atoms with Gasteiger partial charge in [0.15, 0.2) is 0 Å². The molecule has 0 spiro atoms. The van der Waals surface area contributed by atoms with Crippen LogP contribution in [-0.4, -0.2) is 12.3 Å². The molecule has 0 saturated heterocycles. The second-order valence-corrected chi connectivity index (χ2v) is 2.33. The molecule has 3 nitrogen and oxygen atoms in total. The van der Waals surface area contributed by atoms with Gasteiger partial charge in [-0.15, -0.1) is 0 Å². The maximum absolute atomic E-state index is 11.0. The maximum Gasteiger partial charge on any atom is 0.141 e. The minimum Gasteiger partial charge on any atom is -0.469 e. The van der Waals surface area contributed by atoms with Crippen LogP contribution in [-0.2, 0) is 11.2 Å². The standard InChI is InChI=1S/C8H11NO2/c9-4-3-7(10)6-8-2-1-5-11-8/h1-2,5H,3-4,6,9H2. The lowest BCUT2D eigenvalue weighted by Crippen LogP contribution is -2.09. The highest BCUT2D eigenvalue weighted by atomic mass is 16.3. The number of Topliss-reactive ketones (excluding diaryl/α,β-unsaturated/α-hetero) is 1. The quantitative estimate of drug-likeness (QED) is 0.694. The van der Waals surface area contributed by atoms with Crippen molar-refractivity contribution in [2.45, 2.75) is 12.8 Å². The summed E-state index contributed by atoms with van der Waals surface area (Å²) in [6.07, 6.45) is 2.36. The van der Waals surface area contributed by atoms with E-state index < -0.39 is 0 Å². The Morgan fingerprint density at radius 1 is 1.64 bits per heavy atom. The van der Waals surface area contributed by atoms with Crippen molar-refractivity contribution >= 4 is 5.78 Å². The molecule has 0 bridgehead atoms. The Kier molecular flexibility index (Phi) is 2.86. The fourth-order valence-corrected chi connectivity index (χ4v) is 0.857. The molecule has 60 valence electrons. The van der Waals surface area contributed by atoms with Crippen LogP contribution in [0, 0.1) is 0 Å². The predicted octanol–water partition coefficient (Wildman–Crippen LogP) is 0.740. The van der Waals surface area contributed by atoms with E-state index in [1.54, 1.807) is 18.4 Å². The van der Waals surface area contributed by atoms with Gasteiger partial charge < -0.3 is 10.2 Å². The van der Waals surface area contributed by atoms with Crippen LogP contribution in [0.5, 0.6) is 0 Å². The van der Waals surface area contributed by atoms with E-state index in [4.69, 9.17) is 10.2 Å². The summed E-state index contributed by atoms with van der Waals surface area (Å²) in [5.41, 5.74) is 5.21. The largest absolute Gasteiger partial charge is 0.469 e. The Bertz CT molecular complexity index is 216. The highest BCUT2D eigenvalue weighted by Gasteiger charge is 2.03. The van der Waals surface area contributed by atoms with Gasteiger partial charge in [0.1, 0.15) is 11.5 Å². The van der Waals surface area contributed by atoms with Gasteiger partial charge in [-0.1, -0.05) is 0 Å². The summed E-state index contributed by atoms with van der Waals surface area (Å²) in [6, 6.07) is 3.56. The minimum absolute atomic E-state index is 0.127. The van der Waals surface area contributed by atoms with E-state index in [0.29, 0.717) is 25.1 Å². The minimum atomic E-state index is 0.127. The van der Waals surface area contributed by atoms with Gasteiger partial charge in [-0.25, -0.2) is 0 Å². The van der Waals surface area contributed by atoms with Crippen LogP contribution in [0.4, 0.5) is 0 Å². The molecule has 0 atom stereocenters. The topological polar surface area (TPSA) is 56.2 Å². The van der Waals surface area contributed by atoms with Crippen molar-refractivity contribution in [3.05, 3.63) is 24.2 Å². The van der Waals surface area contributed by atoms with E-state index in [9.17, 15) is 4.79 Å². The number of hydrogen-bond acceptors (Lipinski definition) is 3. The summed E-state index contributed by atoms with van der Waals surface area (Å²) >= 11 is 0. The molecule has 0 unspecified atom stereocenters. The number of ketones is 1. The molecule has 1 aromatic rings. The van der Waals surface area contributed by atoms with Crippen molar-refractivity contribution in [3.8, 4) is 0 Å². The zero-order valence-corrected chi connectivity index (χ0v) is 6.25. The lowest BCUT2D eigenvalue weighted by atomic mass is 10.2. The van der Waals surface area contributed by atoms with Gasteiger partial charge in [0, 0.05) is 6.42 Å². The average Bonchev–Trinajstić information content (AvgIpc) is 2.40. The van der Waals surface area contributed by atoms with Crippen LogP contribution in [0.1, 0.15) is 12.2 Å². The second kappa shape index (κ2) is 3.93. The van der Waals surface area contributed by atoms with Gasteiger partial charge in [0.05, 0.1) is 12.7 Å². The van der Waals surface area contributed by atoms with Gasteiger partial charge in [0.2, 0.25) is 0 Å². The smallest absolute Gasteiger partial charge is 0.141 e. The maximum atomic E-state index is 11.0. The molecular formula is C8H11NO2. The fraction of sp³-hybridized carbons (Fsp3) is 0.375. The highest BCUT2D eigenvalue weighted by Crippen LogP contribution is 2.02. The van der Waals surface area contributed by atoms with E-state index >= 15 is 0 Å². The third kappa shape index (κ3) is 2.55. The van der Waals surface area contributed by atoms with Crippen molar-refractivity contribution in [1.29, 1.82) is 0 Å². The summed E-state index contributed by atoms with van der Waals surface area (Å²) in [6.45, 7) is 0.416. The van der Waals surface area contributed by atoms with E-state index in [0.717, 1.165) is 0 Å². The lowest BCUT2D eigenvalue weighted by molar-refractivity contribution is -0.118. The molecule has 1 rings (SSSR count). The summed E-state index contributed by atoms with van der Waals surface area (Å²) in [5.74, 6) is 0.839.